The van der Waals surface area contributed by atoms with E-state index in [1.165, 1.54) is 0 Å². The Morgan fingerprint density at radius 3 is 2.74 bits per heavy atom. The number of hydrogen-bond donors (Lipinski definition) is 1. The molecule has 1 aromatic heterocycles. The lowest BCUT2D eigenvalue weighted by Crippen LogP contribution is -2.33. The molecule has 0 unspecified atom stereocenters. The molecule has 1 aliphatic heterocycles. The molecule has 0 saturated carbocycles. The molecule has 0 spiro atoms. The van der Waals surface area contributed by atoms with Gasteiger partial charge in [0.15, 0.2) is 0 Å². The molecule has 1 saturated heterocycles. The van der Waals surface area contributed by atoms with Gasteiger partial charge in [-0.2, -0.15) is 5.10 Å². The molecule has 0 aliphatic carbocycles. The molecular weight excluding hydrogens is 398 g/mol. The molecule has 164 valence electrons. The maximum atomic E-state index is 11.9. The lowest BCUT2D eigenvalue weighted by Gasteiger charge is -2.28. The summed E-state index contributed by atoms with van der Waals surface area (Å²) in [5.74, 6) is 1.52. The van der Waals surface area contributed by atoms with Gasteiger partial charge in [-0.3, -0.25) is 9.48 Å². The third kappa shape index (κ3) is 4.98. The third-order valence-corrected chi connectivity index (χ3v) is 5.41. The third-order valence-electron chi connectivity index (χ3n) is 5.41. The average Bonchev–Trinajstić information content (AvgIpc) is 3.13. The van der Waals surface area contributed by atoms with Crippen molar-refractivity contribution in [1.29, 1.82) is 0 Å². The van der Waals surface area contributed by atoms with Crippen molar-refractivity contribution in [2.75, 3.05) is 26.4 Å². The molecule has 31 heavy (non-hydrogen) atoms. The standard InChI is InChI=1S/C23H27N3O5/c1-15-14-28-8-7-21(15)30-10-9-29-17-3-5-18(6-4-17)31-22-12-20-16(13-25-26(20)2)11-19(22)23(24)27/h3-6,11-13,15,21H,7-10,14H2,1-2H3,(H2,24,27)/t15-,21-/m1/s1. The summed E-state index contributed by atoms with van der Waals surface area (Å²) >= 11 is 0. The Balaban J connectivity index is 1.36. The molecule has 2 heterocycles. The fraction of sp³-hybridized carbons (Fsp3) is 0.391. The molecular formula is C23H27N3O5. The van der Waals surface area contributed by atoms with Crippen LogP contribution in [0.2, 0.25) is 0 Å². The second-order valence-corrected chi connectivity index (χ2v) is 7.71. The molecule has 1 fully saturated rings. The monoisotopic (exact) mass is 425 g/mol. The van der Waals surface area contributed by atoms with Gasteiger partial charge in [-0.15, -0.1) is 0 Å². The molecule has 2 aromatic carbocycles. The largest absolute Gasteiger partial charge is 0.491 e. The van der Waals surface area contributed by atoms with E-state index in [4.69, 9.17) is 24.7 Å². The molecule has 8 nitrogen and oxygen atoms in total. The molecule has 0 radical (unpaired) electrons. The van der Waals surface area contributed by atoms with Crippen LogP contribution in [-0.2, 0) is 16.5 Å². The van der Waals surface area contributed by atoms with E-state index in [-0.39, 0.29) is 6.10 Å². The number of carbonyl (C=O) groups excluding carboxylic acids is 1. The van der Waals surface area contributed by atoms with Crippen LogP contribution in [0.4, 0.5) is 0 Å². The SMILES string of the molecule is C[C@@H]1COCC[C@H]1OCCOc1ccc(Oc2cc3c(cnn3C)cc2C(N)=O)cc1. The number of carbonyl (C=O) groups is 1. The van der Waals surface area contributed by atoms with Gasteiger partial charge in [-0.1, -0.05) is 6.92 Å². The number of amides is 1. The number of fused-ring (bicyclic) bond motifs is 1. The number of aryl methyl sites for hydroxylation is 1. The van der Waals surface area contributed by atoms with Crippen LogP contribution in [0.1, 0.15) is 23.7 Å². The van der Waals surface area contributed by atoms with Gasteiger partial charge in [0.05, 0.1) is 36.6 Å². The Kier molecular flexibility index (Phi) is 6.39. The van der Waals surface area contributed by atoms with E-state index in [1.807, 2.05) is 19.2 Å². The summed E-state index contributed by atoms with van der Waals surface area (Å²) in [6.07, 6.45) is 2.83. The number of primary amides is 1. The van der Waals surface area contributed by atoms with E-state index in [0.717, 1.165) is 30.5 Å². The number of benzene rings is 2. The maximum absolute atomic E-state index is 11.9. The second-order valence-electron chi connectivity index (χ2n) is 7.71. The molecule has 2 N–H and O–H groups in total. The van der Waals surface area contributed by atoms with E-state index in [1.54, 1.807) is 35.1 Å². The van der Waals surface area contributed by atoms with Crippen molar-refractivity contribution in [1.82, 2.24) is 9.78 Å². The average molecular weight is 425 g/mol. The number of ether oxygens (including phenoxy) is 4. The van der Waals surface area contributed by atoms with Crippen LogP contribution in [0, 0.1) is 5.92 Å². The van der Waals surface area contributed by atoms with Gasteiger partial charge in [0, 0.05) is 31.0 Å². The summed E-state index contributed by atoms with van der Waals surface area (Å²) in [5.41, 5.74) is 6.69. The summed E-state index contributed by atoms with van der Waals surface area (Å²) < 4.78 is 24.8. The van der Waals surface area contributed by atoms with Crippen molar-refractivity contribution < 1.29 is 23.7 Å². The lowest BCUT2D eigenvalue weighted by molar-refractivity contribution is -0.0731. The van der Waals surface area contributed by atoms with Crippen LogP contribution in [0.15, 0.2) is 42.6 Å². The van der Waals surface area contributed by atoms with Crippen LogP contribution in [0.3, 0.4) is 0 Å². The number of rotatable bonds is 8. The first-order chi connectivity index (χ1) is 15.0. The highest BCUT2D eigenvalue weighted by Crippen LogP contribution is 2.30. The van der Waals surface area contributed by atoms with Gasteiger partial charge in [-0.05, 0) is 36.8 Å². The van der Waals surface area contributed by atoms with Crippen LogP contribution in [0.25, 0.3) is 10.9 Å². The normalized spacial score (nSPS) is 18.8. The highest BCUT2D eigenvalue weighted by atomic mass is 16.5. The lowest BCUT2D eigenvalue weighted by atomic mass is 10.0. The molecule has 3 aromatic rings. The summed E-state index contributed by atoms with van der Waals surface area (Å²) in [6.45, 7) is 4.63. The molecule has 1 aliphatic rings. The molecule has 8 heteroatoms. The quantitative estimate of drug-likeness (QED) is 0.556. The van der Waals surface area contributed by atoms with Gasteiger partial charge < -0.3 is 24.7 Å². The smallest absolute Gasteiger partial charge is 0.252 e. The Morgan fingerprint density at radius 1 is 1.23 bits per heavy atom. The van der Waals surface area contributed by atoms with E-state index in [2.05, 4.69) is 12.0 Å². The van der Waals surface area contributed by atoms with Crippen LogP contribution < -0.4 is 15.2 Å². The molecule has 4 rings (SSSR count). The summed E-state index contributed by atoms with van der Waals surface area (Å²) in [7, 11) is 1.83. The van der Waals surface area contributed by atoms with Crippen molar-refractivity contribution in [3.8, 4) is 17.2 Å². The van der Waals surface area contributed by atoms with Crippen molar-refractivity contribution in [2.24, 2.45) is 18.7 Å². The van der Waals surface area contributed by atoms with Gasteiger partial charge >= 0.3 is 0 Å². The minimum absolute atomic E-state index is 0.226. The summed E-state index contributed by atoms with van der Waals surface area (Å²) in [4.78, 5) is 11.9. The second kappa shape index (κ2) is 9.36. The Bertz CT molecular complexity index is 1050. The highest BCUT2D eigenvalue weighted by Gasteiger charge is 2.22. The highest BCUT2D eigenvalue weighted by molar-refractivity contribution is 6.00. The molecule has 1 amide bonds. The Labute approximate surface area is 180 Å². The first kappa shape index (κ1) is 21.1. The fourth-order valence-electron chi connectivity index (χ4n) is 3.66. The van der Waals surface area contributed by atoms with Crippen LogP contribution in [0.5, 0.6) is 17.2 Å². The van der Waals surface area contributed by atoms with Gasteiger partial charge in [0.2, 0.25) is 0 Å². The molecule has 0 bridgehead atoms. The van der Waals surface area contributed by atoms with E-state index < -0.39 is 5.91 Å². The van der Waals surface area contributed by atoms with E-state index in [9.17, 15) is 4.79 Å². The predicted octanol–water partition coefficient (Wildman–Crippen LogP) is 3.28. The predicted molar refractivity (Wildman–Crippen MR) is 116 cm³/mol. The number of hydrogen-bond acceptors (Lipinski definition) is 6. The van der Waals surface area contributed by atoms with Crippen molar-refractivity contribution in [3.63, 3.8) is 0 Å². The van der Waals surface area contributed by atoms with Crippen molar-refractivity contribution in [3.05, 3.63) is 48.2 Å². The van der Waals surface area contributed by atoms with E-state index >= 15 is 0 Å². The molecule has 2 atom stereocenters. The number of nitrogens with zero attached hydrogens (tertiary/aromatic N) is 2. The fourth-order valence-corrected chi connectivity index (χ4v) is 3.66. The zero-order valence-corrected chi connectivity index (χ0v) is 17.7. The number of aromatic nitrogens is 2. The van der Waals surface area contributed by atoms with Gasteiger partial charge in [0.1, 0.15) is 23.9 Å². The van der Waals surface area contributed by atoms with Crippen molar-refractivity contribution in [2.45, 2.75) is 19.4 Å². The summed E-state index contributed by atoms with van der Waals surface area (Å²) in [6, 6.07) is 10.7. The minimum Gasteiger partial charge on any atom is -0.491 e. The summed E-state index contributed by atoms with van der Waals surface area (Å²) in [5, 5.41) is 5.03. The van der Waals surface area contributed by atoms with Crippen molar-refractivity contribution >= 4 is 16.8 Å². The van der Waals surface area contributed by atoms with Gasteiger partial charge in [0.25, 0.3) is 5.91 Å². The Morgan fingerprint density at radius 2 is 2.00 bits per heavy atom. The maximum Gasteiger partial charge on any atom is 0.252 e. The first-order valence-electron chi connectivity index (χ1n) is 10.4. The zero-order chi connectivity index (χ0) is 21.8. The van der Waals surface area contributed by atoms with E-state index in [0.29, 0.717) is 41.9 Å². The zero-order valence-electron chi connectivity index (χ0n) is 17.7. The topological polar surface area (TPSA) is 97.8 Å². The van der Waals surface area contributed by atoms with Crippen LogP contribution >= 0.6 is 0 Å². The number of nitrogens with two attached hydrogens (primary N) is 1. The van der Waals surface area contributed by atoms with Crippen LogP contribution in [-0.4, -0.2) is 48.2 Å². The minimum atomic E-state index is -0.556. The first-order valence-corrected chi connectivity index (χ1v) is 10.4. The Hall–Kier alpha value is -3.10. The van der Waals surface area contributed by atoms with Gasteiger partial charge in [-0.25, -0.2) is 0 Å².